The summed E-state index contributed by atoms with van der Waals surface area (Å²) in [6.45, 7) is 0.725. The number of aromatic nitrogens is 1. The molecule has 0 radical (unpaired) electrons. The maximum absolute atomic E-state index is 4.76. The first-order chi connectivity index (χ1) is 14.0. The average molecular weight is 395 g/mol. The lowest BCUT2D eigenvalue weighted by atomic mass is 9.82. The van der Waals surface area contributed by atoms with E-state index in [1.807, 2.05) is 27.2 Å². The van der Waals surface area contributed by atoms with Crippen molar-refractivity contribution in [3.8, 4) is 0 Å². The van der Waals surface area contributed by atoms with Crippen LogP contribution in [0.15, 0.2) is 35.3 Å². The van der Waals surface area contributed by atoms with E-state index in [1.165, 1.54) is 43.1 Å². The van der Waals surface area contributed by atoms with E-state index in [-0.39, 0.29) is 0 Å². The fourth-order valence-corrected chi connectivity index (χ4v) is 4.91. The number of hydrogen-bond donors (Lipinski definition) is 2. The van der Waals surface area contributed by atoms with E-state index in [0.717, 1.165) is 23.8 Å². The van der Waals surface area contributed by atoms with Crippen molar-refractivity contribution in [2.45, 2.75) is 56.8 Å². The molecule has 2 fully saturated rings. The van der Waals surface area contributed by atoms with Crippen LogP contribution < -0.4 is 15.5 Å². The van der Waals surface area contributed by atoms with Gasteiger partial charge in [-0.25, -0.2) is 4.98 Å². The van der Waals surface area contributed by atoms with Crippen molar-refractivity contribution in [3.05, 3.63) is 35.9 Å². The monoisotopic (exact) mass is 394 g/mol. The summed E-state index contributed by atoms with van der Waals surface area (Å²) >= 11 is 0. The molecule has 0 amide bonds. The van der Waals surface area contributed by atoms with E-state index in [9.17, 15) is 0 Å². The van der Waals surface area contributed by atoms with Crippen LogP contribution in [0.1, 0.15) is 37.7 Å². The molecule has 2 atom stereocenters. The van der Waals surface area contributed by atoms with Gasteiger partial charge in [0.15, 0.2) is 5.96 Å². The Balaban J connectivity index is 1.45. The van der Waals surface area contributed by atoms with E-state index in [2.05, 4.69) is 56.7 Å². The summed E-state index contributed by atoms with van der Waals surface area (Å²) in [5.74, 6) is 1.87. The second-order valence-corrected chi connectivity index (χ2v) is 8.69. The Hall–Kier alpha value is -2.34. The number of fused-ring (bicyclic) bond motifs is 3. The Bertz CT molecular complexity index is 863. The first-order valence-electron chi connectivity index (χ1n) is 10.8. The van der Waals surface area contributed by atoms with Gasteiger partial charge in [-0.3, -0.25) is 4.99 Å². The van der Waals surface area contributed by atoms with Gasteiger partial charge >= 0.3 is 0 Å². The fourth-order valence-electron chi connectivity index (χ4n) is 4.91. The van der Waals surface area contributed by atoms with Crippen molar-refractivity contribution in [2.75, 3.05) is 33.1 Å². The smallest absolute Gasteiger partial charge is 0.191 e. The van der Waals surface area contributed by atoms with Crippen LogP contribution in [0.4, 0.5) is 5.82 Å². The molecule has 2 bridgehead atoms. The maximum Gasteiger partial charge on any atom is 0.191 e. The summed E-state index contributed by atoms with van der Waals surface area (Å²) in [5.41, 5.74) is 2.27. The summed E-state index contributed by atoms with van der Waals surface area (Å²) in [4.78, 5) is 13.9. The minimum Gasteiger partial charge on any atom is -0.363 e. The number of pyridine rings is 1. The first-order valence-corrected chi connectivity index (χ1v) is 10.8. The number of hydrogen-bond acceptors (Lipinski definition) is 4. The predicted octanol–water partition coefficient (Wildman–Crippen LogP) is 2.98. The summed E-state index contributed by atoms with van der Waals surface area (Å²) in [7, 11) is 8.23. The van der Waals surface area contributed by atoms with Crippen LogP contribution in [0.25, 0.3) is 10.9 Å². The number of benzene rings is 1. The minimum absolute atomic E-state index is 0.499. The quantitative estimate of drug-likeness (QED) is 0.617. The second kappa shape index (κ2) is 8.57. The molecule has 1 aromatic carbocycles. The Morgan fingerprint density at radius 3 is 2.62 bits per heavy atom. The van der Waals surface area contributed by atoms with Gasteiger partial charge in [-0.05, 0) is 50.4 Å². The molecule has 2 aromatic rings. The predicted molar refractivity (Wildman–Crippen MR) is 122 cm³/mol. The van der Waals surface area contributed by atoms with Gasteiger partial charge in [0.05, 0.1) is 5.52 Å². The van der Waals surface area contributed by atoms with Crippen molar-refractivity contribution in [1.29, 1.82) is 0 Å². The molecule has 0 aliphatic carbocycles. The number of piperidine rings is 2. The third-order valence-electron chi connectivity index (χ3n) is 6.60. The molecule has 29 heavy (non-hydrogen) atoms. The Morgan fingerprint density at radius 1 is 1.21 bits per heavy atom. The standard InChI is InChI=1S/C23H34N6/c1-24-23(26-17-13-18-8-7-9-19(14-17)29(18)4)25-15-16-12-22(28(2)3)27-21-11-6-5-10-20(16)21/h5-6,10-12,17-19H,7-9,13-15H2,1-4H3,(H2,24,25,26). The highest BCUT2D eigenvalue weighted by atomic mass is 15.2. The SMILES string of the molecule is CN=C(NCc1cc(N(C)C)nc2ccccc12)NC1CC2CCCC(C1)N2C. The fraction of sp³-hybridized carbons (Fsp3) is 0.565. The van der Waals surface area contributed by atoms with Crippen molar-refractivity contribution in [2.24, 2.45) is 4.99 Å². The third kappa shape index (κ3) is 4.32. The number of anilines is 1. The highest BCUT2D eigenvalue weighted by Crippen LogP contribution is 2.32. The number of rotatable bonds is 4. The van der Waals surface area contributed by atoms with Gasteiger partial charge in [0.1, 0.15) is 5.82 Å². The highest BCUT2D eigenvalue weighted by Gasteiger charge is 2.36. The molecule has 2 saturated heterocycles. The lowest BCUT2D eigenvalue weighted by Crippen LogP contribution is -2.56. The van der Waals surface area contributed by atoms with Crippen LogP contribution in [0.2, 0.25) is 0 Å². The first kappa shape index (κ1) is 20.0. The van der Waals surface area contributed by atoms with Gasteiger partial charge in [0.25, 0.3) is 0 Å². The van der Waals surface area contributed by atoms with Gasteiger partial charge in [0, 0.05) is 51.2 Å². The van der Waals surface area contributed by atoms with Crippen LogP contribution in [0.3, 0.4) is 0 Å². The second-order valence-electron chi connectivity index (χ2n) is 8.69. The molecule has 2 aliphatic heterocycles. The maximum atomic E-state index is 4.76. The average Bonchev–Trinajstić information content (AvgIpc) is 2.71. The van der Waals surface area contributed by atoms with E-state index in [1.54, 1.807) is 0 Å². The summed E-state index contributed by atoms with van der Waals surface area (Å²) in [6.07, 6.45) is 6.44. The van der Waals surface area contributed by atoms with E-state index in [0.29, 0.717) is 18.1 Å². The topological polar surface area (TPSA) is 55.8 Å². The van der Waals surface area contributed by atoms with Crippen LogP contribution in [-0.2, 0) is 6.54 Å². The minimum atomic E-state index is 0.499. The Morgan fingerprint density at radius 2 is 1.93 bits per heavy atom. The van der Waals surface area contributed by atoms with Crippen molar-refractivity contribution < 1.29 is 0 Å². The zero-order valence-corrected chi connectivity index (χ0v) is 18.2. The molecule has 156 valence electrons. The summed E-state index contributed by atoms with van der Waals surface area (Å²) < 4.78 is 0. The molecule has 4 rings (SSSR count). The molecule has 6 nitrogen and oxygen atoms in total. The molecule has 2 N–H and O–H groups in total. The molecular formula is C23H34N6. The van der Waals surface area contributed by atoms with Crippen molar-refractivity contribution in [1.82, 2.24) is 20.5 Å². The van der Waals surface area contributed by atoms with Gasteiger partial charge in [-0.2, -0.15) is 0 Å². The summed E-state index contributed by atoms with van der Waals surface area (Å²) in [5, 5.41) is 8.43. The van der Waals surface area contributed by atoms with Gasteiger partial charge in [-0.15, -0.1) is 0 Å². The molecule has 0 saturated carbocycles. The van der Waals surface area contributed by atoms with Gasteiger partial charge in [-0.1, -0.05) is 24.6 Å². The number of guanidine groups is 1. The normalized spacial score (nSPS) is 25.1. The highest BCUT2D eigenvalue weighted by molar-refractivity contribution is 5.85. The molecule has 2 aliphatic rings. The number of aliphatic imine (C=N–C) groups is 1. The van der Waals surface area contributed by atoms with Crippen LogP contribution in [-0.4, -0.2) is 62.2 Å². The molecular weight excluding hydrogens is 360 g/mol. The Kier molecular flexibility index (Phi) is 5.90. The lowest BCUT2D eigenvalue weighted by Gasteiger charge is -2.47. The van der Waals surface area contributed by atoms with E-state index in [4.69, 9.17) is 4.98 Å². The molecule has 3 heterocycles. The largest absolute Gasteiger partial charge is 0.363 e. The molecule has 1 aromatic heterocycles. The van der Waals surface area contributed by atoms with E-state index >= 15 is 0 Å². The lowest BCUT2D eigenvalue weighted by molar-refractivity contribution is 0.0526. The summed E-state index contributed by atoms with van der Waals surface area (Å²) in [6, 6.07) is 12.4. The Labute approximate surface area is 174 Å². The van der Waals surface area contributed by atoms with Crippen molar-refractivity contribution in [3.63, 3.8) is 0 Å². The van der Waals surface area contributed by atoms with Gasteiger partial charge in [0.2, 0.25) is 0 Å². The van der Waals surface area contributed by atoms with Gasteiger partial charge < -0.3 is 20.4 Å². The van der Waals surface area contributed by atoms with Crippen molar-refractivity contribution >= 4 is 22.7 Å². The number of para-hydroxylation sites is 1. The van der Waals surface area contributed by atoms with Crippen LogP contribution >= 0.6 is 0 Å². The van der Waals surface area contributed by atoms with E-state index < -0.39 is 0 Å². The molecule has 0 spiro atoms. The number of nitrogens with one attached hydrogen (secondary N) is 2. The molecule has 2 unspecified atom stereocenters. The zero-order chi connectivity index (χ0) is 20.4. The van der Waals surface area contributed by atoms with Crippen LogP contribution in [0, 0.1) is 0 Å². The number of nitrogens with zero attached hydrogens (tertiary/aromatic N) is 4. The third-order valence-corrected chi connectivity index (χ3v) is 6.60. The molecule has 6 heteroatoms. The van der Waals surface area contributed by atoms with Crippen LogP contribution in [0.5, 0.6) is 0 Å². The zero-order valence-electron chi connectivity index (χ0n) is 18.2.